The third-order valence-electron chi connectivity index (χ3n) is 3.46. The van der Waals surface area contributed by atoms with Crippen molar-refractivity contribution in [2.75, 3.05) is 19.0 Å². The van der Waals surface area contributed by atoms with Gasteiger partial charge in [-0.05, 0) is 30.3 Å². The molecule has 3 N–H and O–H groups in total. The quantitative estimate of drug-likeness (QED) is 0.548. The van der Waals surface area contributed by atoms with E-state index < -0.39 is 11.8 Å². The third kappa shape index (κ3) is 4.82. The smallest absolute Gasteiger partial charge is 0.249 e. The van der Waals surface area contributed by atoms with Crippen molar-refractivity contribution in [1.29, 1.82) is 0 Å². The first-order valence-corrected chi connectivity index (χ1v) is 8.01. The fourth-order valence-corrected chi connectivity index (χ4v) is 2.22. The zero-order chi connectivity index (χ0) is 19.1. The van der Waals surface area contributed by atoms with Crippen LogP contribution in [0.5, 0.6) is 5.75 Å². The van der Waals surface area contributed by atoms with E-state index in [-0.39, 0.29) is 12.5 Å². The lowest BCUT2D eigenvalue weighted by Gasteiger charge is -2.04. The molecule has 0 saturated heterocycles. The van der Waals surface area contributed by atoms with Gasteiger partial charge in [0, 0.05) is 6.08 Å². The van der Waals surface area contributed by atoms with Gasteiger partial charge in [0.05, 0.1) is 25.5 Å². The lowest BCUT2D eigenvalue weighted by molar-refractivity contribution is -0.121. The van der Waals surface area contributed by atoms with Crippen LogP contribution in [0.25, 0.3) is 17.5 Å². The number of rotatable bonds is 7. The van der Waals surface area contributed by atoms with Crippen molar-refractivity contribution >= 4 is 23.8 Å². The molecular weight excluding hydrogens is 350 g/mol. The van der Waals surface area contributed by atoms with Gasteiger partial charge >= 0.3 is 0 Å². The summed E-state index contributed by atoms with van der Waals surface area (Å²) in [5.74, 6) is 0.836. The van der Waals surface area contributed by atoms with E-state index in [1.807, 2.05) is 18.2 Å². The third-order valence-corrected chi connectivity index (χ3v) is 3.46. The number of carbonyl (C=O) groups is 2. The number of methoxy groups -OCH3 is 1. The molecule has 2 heterocycles. The number of furan rings is 1. The molecule has 9 nitrogen and oxygen atoms in total. The molecule has 27 heavy (non-hydrogen) atoms. The molecule has 0 saturated carbocycles. The number of carbonyl (C=O) groups excluding carboxylic acids is 2. The summed E-state index contributed by atoms with van der Waals surface area (Å²) in [5.41, 5.74) is 0.712. The van der Waals surface area contributed by atoms with Gasteiger partial charge in [0.25, 0.3) is 0 Å². The molecule has 2 aromatic heterocycles. The molecule has 0 atom stereocenters. The number of amides is 2. The summed E-state index contributed by atoms with van der Waals surface area (Å²) < 4.78 is 10.3. The summed E-state index contributed by atoms with van der Waals surface area (Å²) in [4.78, 5) is 27.8. The van der Waals surface area contributed by atoms with Crippen LogP contribution in [-0.2, 0) is 9.59 Å². The van der Waals surface area contributed by atoms with E-state index in [9.17, 15) is 9.59 Å². The number of ether oxygens (including phenoxy) is 1. The zero-order valence-corrected chi connectivity index (χ0v) is 14.4. The van der Waals surface area contributed by atoms with E-state index >= 15 is 0 Å². The van der Waals surface area contributed by atoms with Gasteiger partial charge in [0.15, 0.2) is 5.82 Å². The van der Waals surface area contributed by atoms with Gasteiger partial charge in [-0.3, -0.25) is 20.0 Å². The van der Waals surface area contributed by atoms with E-state index in [2.05, 4.69) is 25.8 Å². The molecule has 0 unspecified atom stereocenters. The number of aromatic nitrogens is 3. The molecule has 0 radical (unpaired) electrons. The molecular formula is C18H17N5O4. The number of hydrogen-bond acceptors (Lipinski definition) is 6. The topological polar surface area (TPSA) is 122 Å². The lowest BCUT2D eigenvalue weighted by Crippen LogP contribution is -2.32. The van der Waals surface area contributed by atoms with E-state index in [1.54, 1.807) is 25.3 Å². The Morgan fingerprint density at radius 2 is 2.11 bits per heavy atom. The highest BCUT2D eigenvalue weighted by molar-refractivity contribution is 5.97. The number of aromatic amines is 1. The average molecular weight is 367 g/mol. The monoisotopic (exact) mass is 367 g/mol. The number of hydrogen-bond donors (Lipinski definition) is 3. The molecule has 0 aliphatic rings. The summed E-state index contributed by atoms with van der Waals surface area (Å²) in [5, 5.41) is 11.6. The second kappa shape index (κ2) is 8.48. The first-order valence-electron chi connectivity index (χ1n) is 8.01. The molecule has 138 valence electrons. The fraction of sp³-hybridized carbons (Fsp3) is 0.111. The molecule has 9 heteroatoms. The number of benzene rings is 1. The van der Waals surface area contributed by atoms with Crippen LogP contribution < -0.4 is 15.4 Å². The molecule has 0 bridgehead atoms. The van der Waals surface area contributed by atoms with Crippen LogP contribution >= 0.6 is 0 Å². The van der Waals surface area contributed by atoms with Crippen molar-refractivity contribution in [2.24, 2.45) is 0 Å². The molecule has 0 aliphatic heterocycles. The van der Waals surface area contributed by atoms with Crippen molar-refractivity contribution < 1.29 is 18.7 Å². The minimum Gasteiger partial charge on any atom is -0.496 e. The van der Waals surface area contributed by atoms with Crippen LogP contribution in [0, 0.1) is 0 Å². The maximum absolute atomic E-state index is 11.9. The molecule has 3 aromatic rings. The standard InChI is InChI=1S/C18H17N5O4/c1-26-14-7-3-2-6-13(14)17-21-18(23-22-17)20-16(25)11-19-15(24)9-8-12-5-4-10-27-12/h2-10H,11H2,1H3,(H,19,24)(H2,20,21,22,23,25). The SMILES string of the molecule is COc1ccccc1-c1nc(NC(=O)CNC(=O)C=Cc2ccco2)n[nH]1. The predicted molar refractivity (Wildman–Crippen MR) is 97.8 cm³/mol. The Kier molecular flexibility index (Phi) is 5.63. The predicted octanol–water partition coefficient (Wildman–Crippen LogP) is 1.84. The maximum Gasteiger partial charge on any atom is 0.249 e. The second-order valence-electron chi connectivity index (χ2n) is 5.32. The molecule has 0 fully saturated rings. The largest absolute Gasteiger partial charge is 0.496 e. The Morgan fingerprint density at radius 3 is 2.89 bits per heavy atom. The van der Waals surface area contributed by atoms with E-state index in [1.165, 1.54) is 18.4 Å². The van der Waals surface area contributed by atoms with Crippen LogP contribution in [0.15, 0.2) is 53.2 Å². The number of anilines is 1. The van der Waals surface area contributed by atoms with E-state index in [0.29, 0.717) is 22.9 Å². The van der Waals surface area contributed by atoms with E-state index in [0.717, 1.165) is 0 Å². The highest BCUT2D eigenvalue weighted by atomic mass is 16.5. The zero-order valence-electron chi connectivity index (χ0n) is 14.4. The van der Waals surface area contributed by atoms with Gasteiger partial charge in [-0.2, -0.15) is 4.98 Å². The Hall–Kier alpha value is -3.88. The minimum absolute atomic E-state index is 0.0984. The number of nitrogens with one attached hydrogen (secondary N) is 3. The number of H-pyrrole nitrogens is 1. The van der Waals surface area contributed by atoms with Crippen molar-refractivity contribution in [3.05, 3.63) is 54.5 Å². The Balaban J connectivity index is 1.53. The average Bonchev–Trinajstić information content (AvgIpc) is 3.36. The van der Waals surface area contributed by atoms with Gasteiger partial charge < -0.3 is 14.5 Å². The van der Waals surface area contributed by atoms with Gasteiger partial charge in [-0.25, -0.2) is 0 Å². The first-order chi connectivity index (χ1) is 13.2. The second-order valence-corrected chi connectivity index (χ2v) is 5.32. The summed E-state index contributed by atoms with van der Waals surface area (Å²) in [7, 11) is 1.56. The van der Waals surface area contributed by atoms with Gasteiger partial charge in [0.1, 0.15) is 11.5 Å². The highest BCUT2D eigenvalue weighted by Crippen LogP contribution is 2.26. The number of nitrogens with zero attached hydrogens (tertiary/aromatic N) is 2. The van der Waals surface area contributed by atoms with E-state index in [4.69, 9.17) is 9.15 Å². The van der Waals surface area contributed by atoms with Gasteiger partial charge in [-0.1, -0.05) is 12.1 Å². The van der Waals surface area contributed by atoms with Crippen LogP contribution in [-0.4, -0.2) is 40.7 Å². The molecule has 0 aliphatic carbocycles. The number of para-hydroxylation sites is 1. The van der Waals surface area contributed by atoms with Crippen LogP contribution in [0.1, 0.15) is 5.76 Å². The Labute approximate surface area is 154 Å². The Bertz CT molecular complexity index is 946. The van der Waals surface area contributed by atoms with Crippen LogP contribution in [0.2, 0.25) is 0 Å². The summed E-state index contributed by atoms with van der Waals surface area (Å²) >= 11 is 0. The van der Waals surface area contributed by atoms with Gasteiger partial charge in [0.2, 0.25) is 17.8 Å². The normalized spacial score (nSPS) is 10.7. The molecule has 2 amide bonds. The molecule has 1 aromatic carbocycles. The van der Waals surface area contributed by atoms with Crippen LogP contribution in [0.4, 0.5) is 5.95 Å². The van der Waals surface area contributed by atoms with Crippen molar-refractivity contribution in [2.45, 2.75) is 0 Å². The fourth-order valence-electron chi connectivity index (χ4n) is 2.22. The molecule has 3 rings (SSSR count). The van der Waals surface area contributed by atoms with Crippen LogP contribution in [0.3, 0.4) is 0 Å². The van der Waals surface area contributed by atoms with Gasteiger partial charge in [-0.15, -0.1) is 5.10 Å². The van der Waals surface area contributed by atoms with Crippen molar-refractivity contribution in [1.82, 2.24) is 20.5 Å². The Morgan fingerprint density at radius 1 is 1.26 bits per heavy atom. The van der Waals surface area contributed by atoms with Crippen molar-refractivity contribution in [3.63, 3.8) is 0 Å². The molecule has 0 spiro atoms. The highest BCUT2D eigenvalue weighted by Gasteiger charge is 2.12. The maximum atomic E-state index is 11.9. The van der Waals surface area contributed by atoms with Crippen molar-refractivity contribution in [3.8, 4) is 17.1 Å². The first kappa shape index (κ1) is 17.9. The summed E-state index contributed by atoms with van der Waals surface area (Å²) in [6.07, 6.45) is 4.28. The summed E-state index contributed by atoms with van der Waals surface area (Å²) in [6.45, 7) is -0.222. The lowest BCUT2D eigenvalue weighted by atomic mass is 10.2. The summed E-state index contributed by atoms with van der Waals surface area (Å²) in [6, 6.07) is 10.7. The minimum atomic E-state index is -0.458.